The van der Waals surface area contributed by atoms with Crippen LogP contribution in [-0.4, -0.2) is 52.9 Å². The molecule has 1 unspecified atom stereocenters. The molecule has 0 radical (unpaired) electrons. The van der Waals surface area contributed by atoms with Crippen molar-refractivity contribution < 1.29 is 29.4 Å². The van der Waals surface area contributed by atoms with Gasteiger partial charge in [-0.05, 0) is 25.3 Å². The molecule has 2 N–H and O–H groups in total. The molecule has 0 aromatic heterocycles. The van der Waals surface area contributed by atoms with E-state index in [1.165, 1.54) is 19.3 Å². The van der Waals surface area contributed by atoms with Crippen LogP contribution >= 0.6 is 0 Å². The van der Waals surface area contributed by atoms with Crippen molar-refractivity contribution in [1.29, 1.82) is 0 Å². The van der Waals surface area contributed by atoms with Crippen molar-refractivity contribution in [3.8, 4) is 0 Å². The van der Waals surface area contributed by atoms with E-state index in [4.69, 9.17) is 5.11 Å². The molecule has 0 bridgehead atoms. The average Bonchev–Trinajstić information content (AvgIpc) is 2.50. The molecule has 0 aliphatic heterocycles. The van der Waals surface area contributed by atoms with Crippen molar-refractivity contribution in [3.63, 3.8) is 0 Å². The second-order valence-corrected chi connectivity index (χ2v) is 6.32. The average molecular weight is 343 g/mol. The monoisotopic (exact) mass is 343 g/mol. The fourth-order valence-corrected chi connectivity index (χ4v) is 2.83. The lowest BCUT2D eigenvalue weighted by Gasteiger charge is -2.35. The van der Waals surface area contributed by atoms with E-state index in [1.54, 1.807) is 0 Å². The van der Waals surface area contributed by atoms with E-state index in [-0.39, 0.29) is 19.4 Å². The van der Waals surface area contributed by atoms with Gasteiger partial charge in [0, 0.05) is 18.8 Å². The van der Waals surface area contributed by atoms with Crippen LogP contribution in [0.5, 0.6) is 0 Å². The van der Waals surface area contributed by atoms with Crippen molar-refractivity contribution in [2.75, 3.05) is 26.2 Å². The first-order chi connectivity index (χ1) is 11.5. The largest absolute Gasteiger partial charge is 0.550 e. The molecule has 24 heavy (non-hydrogen) atoms. The lowest BCUT2D eigenvalue weighted by atomic mass is 10.1. The molecule has 0 saturated heterocycles. The predicted octanol–water partition coefficient (Wildman–Crippen LogP) is 1.67. The van der Waals surface area contributed by atoms with Gasteiger partial charge in [-0.2, -0.15) is 0 Å². The van der Waals surface area contributed by atoms with Crippen molar-refractivity contribution in [3.05, 3.63) is 12.3 Å². The zero-order valence-corrected chi connectivity index (χ0v) is 14.9. The van der Waals surface area contributed by atoms with Crippen LogP contribution in [0.2, 0.25) is 0 Å². The summed E-state index contributed by atoms with van der Waals surface area (Å²) in [6.07, 6.45) is 10.8. The molecule has 1 atom stereocenters. The molecule has 0 fully saturated rings. The molecule has 0 amide bonds. The highest BCUT2D eigenvalue weighted by Gasteiger charge is 2.24. The minimum Gasteiger partial charge on any atom is -0.550 e. The van der Waals surface area contributed by atoms with Gasteiger partial charge >= 0.3 is 5.97 Å². The van der Waals surface area contributed by atoms with Gasteiger partial charge in [0.15, 0.2) is 0 Å². The molecule has 140 valence electrons. The highest BCUT2D eigenvalue weighted by Crippen LogP contribution is 2.15. The summed E-state index contributed by atoms with van der Waals surface area (Å²) in [7, 11) is 0. The Kier molecular flexibility index (Phi) is 13.2. The van der Waals surface area contributed by atoms with E-state index in [2.05, 4.69) is 13.0 Å². The standard InChI is InChI=1S/C18H33NO5/c1-2-3-4-5-6-7-12-19(15-16-20,13-8-10-17(21)22)14-9-11-18(23)24/h7,12,20H,2-6,8-11,13-16H2,1H3,(H-,21,22,23,24)/b12-7+. The smallest absolute Gasteiger partial charge is 0.303 e. The lowest BCUT2D eigenvalue weighted by molar-refractivity contribution is -0.880. The zero-order chi connectivity index (χ0) is 18.3. The third-order valence-electron chi connectivity index (χ3n) is 4.17. The summed E-state index contributed by atoms with van der Waals surface area (Å²) in [6, 6.07) is 0. The Bertz CT molecular complexity index is 362. The maximum Gasteiger partial charge on any atom is 0.303 e. The van der Waals surface area contributed by atoms with Crippen LogP contribution in [-0.2, 0) is 9.59 Å². The summed E-state index contributed by atoms with van der Waals surface area (Å²) >= 11 is 0. The minimum atomic E-state index is -1.08. The topological polar surface area (TPSA) is 97.7 Å². The molecule has 0 saturated carbocycles. The van der Waals surface area contributed by atoms with E-state index in [0.29, 0.717) is 37.0 Å². The van der Waals surface area contributed by atoms with Crippen LogP contribution in [0.4, 0.5) is 0 Å². The summed E-state index contributed by atoms with van der Waals surface area (Å²) in [5, 5.41) is 28.9. The first-order valence-corrected chi connectivity index (χ1v) is 9.01. The SMILES string of the molecule is CCCCCC/C=C/[N+](CCO)(CCCC(=O)[O-])CCCC(=O)O. The van der Waals surface area contributed by atoms with Crippen LogP contribution in [0, 0.1) is 0 Å². The van der Waals surface area contributed by atoms with Crippen molar-refractivity contribution >= 4 is 11.9 Å². The molecule has 0 rings (SSSR count). The molecule has 6 nitrogen and oxygen atoms in total. The van der Waals surface area contributed by atoms with Crippen LogP contribution in [0.25, 0.3) is 0 Å². The van der Waals surface area contributed by atoms with E-state index < -0.39 is 11.9 Å². The Balaban J connectivity index is 4.72. The molecular weight excluding hydrogens is 310 g/mol. The summed E-state index contributed by atoms with van der Waals surface area (Å²) in [5.41, 5.74) is 0. The fourth-order valence-electron chi connectivity index (χ4n) is 2.83. The second kappa shape index (κ2) is 14.0. The molecule has 0 aliphatic rings. The summed E-state index contributed by atoms with van der Waals surface area (Å²) in [5.74, 6) is -1.92. The third kappa shape index (κ3) is 12.1. The van der Waals surface area contributed by atoms with Gasteiger partial charge in [-0.15, -0.1) is 0 Å². The van der Waals surface area contributed by atoms with Gasteiger partial charge in [-0.3, -0.25) is 9.28 Å². The van der Waals surface area contributed by atoms with Crippen molar-refractivity contribution in [2.45, 2.75) is 64.7 Å². The van der Waals surface area contributed by atoms with Crippen LogP contribution in [0.1, 0.15) is 64.7 Å². The fraction of sp³-hybridized carbons (Fsp3) is 0.778. The number of aliphatic hydroxyl groups is 1. The Morgan fingerprint density at radius 2 is 1.67 bits per heavy atom. The Labute approximate surface area is 145 Å². The van der Waals surface area contributed by atoms with Gasteiger partial charge < -0.3 is 20.1 Å². The number of allylic oxidation sites excluding steroid dienone is 1. The number of aliphatic carboxylic acids is 2. The van der Waals surface area contributed by atoms with Crippen molar-refractivity contribution in [2.24, 2.45) is 0 Å². The summed E-state index contributed by atoms with van der Waals surface area (Å²) in [6.45, 7) is 3.78. The van der Waals surface area contributed by atoms with Gasteiger partial charge in [-0.25, -0.2) is 0 Å². The number of hydrogen-bond acceptors (Lipinski definition) is 4. The maximum absolute atomic E-state index is 10.7. The zero-order valence-electron chi connectivity index (χ0n) is 14.9. The second-order valence-electron chi connectivity index (χ2n) is 6.32. The molecule has 6 heteroatoms. The molecule has 0 heterocycles. The quantitative estimate of drug-likeness (QED) is 0.328. The molecule has 0 aromatic rings. The lowest BCUT2D eigenvalue weighted by Crippen LogP contribution is -2.47. The minimum absolute atomic E-state index is 0.0153. The van der Waals surface area contributed by atoms with E-state index >= 15 is 0 Å². The van der Waals surface area contributed by atoms with Crippen LogP contribution in [0.15, 0.2) is 12.3 Å². The van der Waals surface area contributed by atoms with E-state index in [1.807, 2.05) is 6.20 Å². The number of rotatable bonds is 16. The van der Waals surface area contributed by atoms with Gasteiger partial charge in [0.25, 0.3) is 0 Å². The normalized spacial score (nSPS) is 13.9. The van der Waals surface area contributed by atoms with Gasteiger partial charge in [0.05, 0.1) is 32.3 Å². The number of carboxylic acid groups (broad SMARTS) is 2. The van der Waals surface area contributed by atoms with E-state index in [9.17, 15) is 19.8 Å². The first-order valence-electron chi connectivity index (χ1n) is 9.01. The highest BCUT2D eigenvalue weighted by molar-refractivity contribution is 5.66. The Hall–Kier alpha value is -1.40. The van der Waals surface area contributed by atoms with Crippen LogP contribution < -0.4 is 5.11 Å². The van der Waals surface area contributed by atoms with Gasteiger partial charge in [0.1, 0.15) is 6.54 Å². The number of quaternary nitrogens is 1. The van der Waals surface area contributed by atoms with Crippen molar-refractivity contribution in [1.82, 2.24) is 0 Å². The number of unbranched alkanes of at least 4 members (excludes halogenated alkanes) is 4. The van der Waals surface area contributed by atoms with Gasteiger partial charge in [-0.1, -0.05) is 26.2 Å². The number of hydrogen-bond donors (Lipinski definition) is 2. The highest BCUT2D eigenvalue weighted by atomic mass is 16.4. The maximum atomic E-state index is 10.7. The summed E-state index contributed by atoms with van der Waals surface area (Å²) < 4.78 is 0.435. The third-order valence-corrected chi connectivity index (χ3v) is 4.17. The number of aliphatic hydroxyl groups excluding tert-OH is 1. The van der Waals surface area contributed by atoms with Gasteiger partial charge in [0.2, 0.25) is 0 Å². The number of carbonyl (C=O) groups excluding carboxylic acids is 1. The summed E-state index contributed by atoms with van der Waals surface area (Å²) in [4.78, 5) is 21.4. The molecule has 0 aromatic carbocycles. The molecular formula is C18H33NO5. The molecule has 0 spiro atoms. The molecule has 0 aliphatic carbocycles. The Morgan fingerprint density at radius 1 is 1.00 bits per heavy atom. The first kappa shape index (κ1) is 22.6. The number of carbonyl (C=O) groups is 2. The Morgan fingerprint density at radius 3 is 2.21 bits per heavy atom. The number of nitrogens with zero attached hydrogens (tertiary/aromatic N) is 1. The predicted molar refractivity (Wildman–Crippen MR) is 91.0 cm³/mol. The van der Waals surface area contributed by atoms with E-state index in [0.717, 1.165) is 12.8 Å². The number of carboxylic acids is 2. The van der Waals surface area contributed by atoms with Crippen LogP contribution in [0.3, 0.4) is 0 Å².